The SMILES string of the molecule is O=C(NCCN1C(=O)S/C(=C\c2ccc(Cl)cc2)C1=O)C1CC2CCCC(C1)C2=O. The van der Waals surface area contributed by atoms with Gasteiger partial charge in [0, 0.05) is 35.9 Å². The van der Waals surface area contributed by atoms with E-state index in [1.54, 1.807) is 30.3 Å². The third kappa shape index (κ3) is 4.47. The molecule has 8 heteroatoms. The number of nitrogens with zero attached hydrogens (tertiary/aromatic N) is 1. The molecule has 1 heterocycles. The van der Waals surface area contributed by atoms with Gasteiger partial charge in [-0.3, -0.25) is 24.1 Å². The lowest BCUT2D eigenvalue weighted by Crippen LogP contribution is -2.44. The molecule has 3 aliphatic rings. The lowest BCUT2D eigenvalue weighted by molar-refractivity contribution is -0.137. The summed E-state index contributed by atoms with van der Waals surface area (Å²) >= 11 is 6.76. The molecule has 2 saturated carbocycles. The molecule has 1 aliphatic heterocycles. The molecule has 158 valence electrons. The zero-order valence-corrected chi connectivity index (χ0v) is 18.0. The molecule has 2 bridgehead atoms. The quantitative estimate of drug-likeness (QED) is 0.694. The number of benzene rings is 1. The van der Waals surface area contributed by atoms with Gasteiger partial charge < -0.3 is 5.32 Å². The first kappa shape index (κ1) is 21.1. The highest BCUT2D eigenvalue weighted by molar-refractivity contribution is 8.18. The van der Waals surface area contributed by atoms with Gasteiger partial charge in [0.25, 0.3) is 11.1 Å². The van der Waals surface area contributed by atoms with Crippen LogP contribution < -0.4 is 5.32 Å². The smallest absolute Gasteiger partial charge is 0.293 e. The Hall–Kier alpha value is -2.12. The topological polar surface area (TPSA) is 83.6 Å². The van der Waals surface area contributed by atoms with Gasteiger partial charge in [-0.1, -0.05) is 30.2 Å². The summed E-state index contributed by atoms with van der Waals surface area (Å²) < 4.78 is 0. The third-order valence-electron chi connectivity index (χ3n) is 6.09. The van der Waals surface area contributed by atoms with Gasteiger partial charge in [0.05, 0.1) is 4.91 Å². The van der Waals surface area contributed by atoms with Gasteiger partial charge in [0.2, 0.25) is 5.91 Å². The number of Topliss-reactive ketones (excluding diaryl/α,β-unsaturated/α-hetero) is 1. The summed E-state index contributed by atoms with van der Waals surface area (Å²) in [6.07, 6.45) is 5.74. The van der Waals surface area contributed by atoms with Crippen molar-refractivity contribution in [3.63, 3.8) is 0 Å². The summed E-state index contributed by atoms with van der Waals surface area (Å²) in [5.74, 6) is -0.220. The van der Waals surface area contributed by atoms with Crippen LogP contribution in [0, 0.1) is 17.8 Å². The number of amides is 3. The first-order chi connectivity index (χ1) is 14.4. The first-order valence-electron chi connectivity index (χ1n) is 10.2. The fourth-order valence-corrected chi connectivity index (χ4v) is 5.52. The molecule has 3 fully saturated rings. The third-order valence-corrected chi connectivity index (χ3v) is 7.25. The van der Waals surface area contributed by atoms with Crippen LogP contribution in [-0.2, 0) is 14.4 Å². The van der Waals surface area contributed by atoms with E-state index < -0.39 is 0 Å². The lowest BCUT2D eigenvalue weighted by Gasteiger charge is -2.37. The van der Waals surface area contributed by atoms with Crippen molar-refractivity contribution in [1.82, 2.24) is 10.2 Å². The second-order valence-electron chi connectivity index (χ2n) is 8.07. The van der Waals surface area contributed by atoms with Crippen LogP contribution in [0.25, 0.3) is 6.08 Å². The summed E-state index contributed by atoms with van der Waals surface area (Å²) in [4.78, 5) is 51.1. The van der Waals surface area contributed by atoms with Crippen molar-refractivity contribution in [2.24, 2.45) is 17.8 Å². The minimum Gasteiger partial charge on any atom is -0.354 e. The fourth-order valence-electron chi connectivity index (χ4n) is 4.53. The van der Waals surface area contributed by atoms with Crippen molar-refractivity contribution >= 4 is 52.3 Å². The van der Waals surface area contributed by atoms with Crippen molar-refractivity contribution in [2.45, 2.75) is 32.1 Å². The molecule has 30 heavy (non-hydrogen) atoms. The van der Waals surface area contributed by atoms with Gasteiger partial charge in [-0.15, -0.1) is 0 Å². The Kier molecular flexibility index (Phi) is 6.29. The van der Waals surface area contributed by atoms with E-state index in [4.69, 9.17) is 11.6 Å². The minimum atomic E-state index is -0.355. The van der Waals surface area contributed by atoms with E-state index in [1.165, 1.54) is 0 Å². The molecule has 1 N–H and O–H groups in total. The maximum absolute atomic E-state index is 12.6. The van der Waals surface area contributed by atoms with Crippen molar-refractivity contribution in [3.8, 4) is 0 Å². The van der Waals surface area contributed by atoms with Crippen LogP contribution in [0.1, 0.15) is 37.7 Å². The second-order valence-corrected chi connectivity index (χ2v) is 9.50. The van der Waals surface area contributed by atoms with Crippen molar-refractivity contribution in [2.75, 3.05) is 13.1 Å². The molecule has 2 aliphatic carbocycles. The molecule has 6 nitrogen and oxygen atoms in total. The predicted octanol–water partition coefficient (Wildman–Crippen LogP) is 3.89. The number of halogens is 1. The van der Waals surface area contributed by atoms with Gasteiger partial charge >= 0.3 is 0 Å². The number of hydrogen-bond acceptors (Lipinski definition) is 5. The Bertz CT molecular complexity index is 898. The second kappa shape index (κ2) is 8.94. The highest BCUT2D eigenvalue weighted by atomic mass is 35.5. The molecule has 2 unspecified atom stereocenters. The zero-order chi connectivity index (χ0) is 21.3. The van der Waals surface area contributed by atoms with E-state index in [0.717, 1.165) is 41.5 Å². The average Bonchev–Trinajstić information content (AvgIpc) is 2.96. The number of imide groups is 1. The summed E-state index contributed by atoms with van der Waals surface area (Å²) in [6, 6.07) is 7.00. The number of hydrogen-bond donors (Lipinski definition) is 1. The number of fused-ring (bicyclic) bond motifs is 2. The normalized spacial score (nSPS) is 27.6. The molecule has 0 spiro atoms. The van der Waals surface area contributed by atoms with Gasteiger partial charge in [0.1, 0.15) is 5.78 Å². The molecule has 2 atom stereocenters. The van der Waals surface area contributed by atoms with Crippen molar-refractivity contribution < 1.29 is 19.2 Å². The average molecular weight is 447 g/mol. The maximum atomic E-state index is 12.6. The van der Waals surface area contributed by atoms with Crippen LogP contribution in [-0.4, -0.2) is 40.8 Å². The van der Waals surface area contributed by atoms with E-state index in [-0.39, 0.29) is 47.9 Å². The number of nitrogens with one attached hydrogen (secondary N) is 1. The summed E-state index contributed by atoms with van der Waals surface area (Å²) in [5, 5.41) is 3.11. The Morgan fingerprint density at radius 2 is 1.80 bits per heavy atom. The van der Waals surface area contributed by atoms with Crippen LogP contribution in [0.15, 0.2) is 29.2 Å². The summed E-state index contributed by atoms with van der Waals surface area (Å²) in [5.41, 5.74) is 0.788. The molecule has 0 aromatic heterocycles. The fraction of sp³-hybridized carbons (Fsp3) is 0.455. The van der Waals surface area contributed by atoms with Gasteiger partial charge in [-0.05, 0) is 61.2 Å². The molecular formula is C22H23ClN2O4S. The number of rotatable bonds is 5. The highest BCUT2D eigenvalue weighted by Gasteiger charge is 2.41. The molecule has 3 amide bonds. The van der Waals surface area contributed by atoms with Crippen LogP contribution in [0.2, 0.25) is 5.02 Å². The molecule has 0 radical (unpaired) electrons. The van der Waals surface area contributed by atoms with E-state index in [1.807, 2.05) is 0 Å². The van der Waals surface area contributed by atoms with Crippen LogP contribution >= 0.6 is 23.4 Å². The van der Waals surface area contributed by atoms with Crippen LogP contribution in [0.5, 0.6) is 0 Å². The monoisotopic (exact) mass is 446 g/mol. The Balaban J connectivity index is 1.30. The molecular weight excluding hydrogens is 424 g/mol. The summed E-state index contributed by atoms with van der Waals surface area (Å²) in [7, 11) is 0. The molecule has 1 aromatic carbocycles. The minimum absolute atomic E-state index is 0.0203. The van der Waals surface area contributed by atoms with E-state index >= 15 is 0 Å². The first-order valence-corrected chi connectivity index (χ1v) is 11.4. The van der Waals surface area contributed by atoms with Gasteiger partial charge in [0.15, 0.2) is 0 Å². The number of carbonyl (C=O) groups is 4. The van der Waals surface area contributed by atoms with E-state index in [2.05, 4.69) is 5.32 Å². The number of carbonyl (C=O) groups excluding carboxylic acids is 4. The number of ketones is 1. The summed E-state index contributed by atoms with van der Waals surface area (Å²) in [6.45, 7) is 0.345. The predicted molar refractivity (Wildman–Crippen MR) is 116 cm³/mol. The largest absolute Gasteiger partial charge is 0.354 e. The van der Waals surface area contributed by atoms with Crippen molar-refractivity contribution in [1.29, 1.82) is 0 Å². The standard InChI is InChI=1S/C22H23ClN2O4S/c23-17-6-4-13(5-7-17)10-18-21(28)25(22(29)30-18)9-8-24-20(27)16-11-14-2-1-3-15(12-16)19(14)26/h4-7,10,14-16H,1-3,8-9,11-12H2,(H,24,27)/b18-10-. The Morgan fingerprint density at radius 3 is 2.47 bits per heavy atom. The molecule has 4 rings (SSSR count). The maximum Gasteiger partial charge on any atom is 0.293 e. The van der Waals surface area contributed by atoms with Crippen LogP contribution in [0.3, 0.4) is 0 Å². The Morgan fingerprint density at radius 1 is 1.13 bits per heavy atom. The van der Waals surface area contributed by atoms with Crippen molar-refractivity contribution in [3.05, 3.63) is 39.8 Å². The number of thioether (sulfide) groups is 1. The zero-order valence-electron chi connectivity index (χ0n) is 16.4. The van der Waals surface area contributed by atoms with Gasteiger partial charge in [-0.2, -0.15) is 0 Å². The van der Waals surface area contributed by atoms with Crippen LogP contribution in [0.4, 0.5) is 4.79 Å². The highest BCUT2D eigenvalue weighted by Crippen LogP contribution is 2.40. The van der Waals surface area contributed by atoms with E-state index in [0.29, 0.717) is 28.6 Å². The Labute approximate surface area is 184 Å². The lowest BCUT2D eigenvalue weighted by atomic mass is 9.67. The molecule has 1 aromatic rings. The van der Waals surface area contributed by atoms with E-state index in [9.17, 15) is 19.2 Å². The van der Waals surface area contributed by atoms with Gasteiger partial charge in [-0.25, -0.2) is 0 Å². The molecule has 1 saturated heterocycles.